The zero-order valence-corrected chi connectivity index (χ0v) is 16.5. The van der Waals surface area contributed by atoms with Gasteiger partial charge in [-0.15, -0.1) is 17.7 Å². The van der Waals surface area contributed by atoms with Gasteiger partial charge in [-0.05, 0) is 25.3 Å². The Balaban J connectivity index is 0.000000366. The molecule has 0 spiro atoms. The van der Waals surface area contributed by atoms with Crippen molar-refractivity contribution in [2.24, 2.45) is 0 Å². The van der Waals surface area contributed by atoms with Gasteiger partial charge in [0, 0.05) is 49.5 Å². The van der Waals surface area contributed by atoms with Crippen molar-refractivity contribution in [3.8, 4) is 11.1 Å². The Labute approximate surface area is 163 Å². The van der Waals surface area contributed by atoms with E-state index in [0.717, 1.165) is 11.5 Å². The van der Waals surface area contributed by atoms with Gasteiger partial charge in [0.25, 0.3) is 0 Å². The van der Waals surface area contributed by atoms with Crippen LogP contribution in [0, 0.1) is 17.7 Å². The number of allylic oxidation sites excluding steroid dienone is 2. The Bertz CT molecular complexity index is 912. The van der Waals surface area contributed by atoms with Crippen LogP contribution in [0.2, 0.25) is 0 Å². The third-order valence-electron chi connectivity index (χ3n) is 3.14. The molecule has 1 aromatic heterocycles. The molecule has 1 N–H and O–H groups in total. The fourth-order valence-electron chi connectivity index (χ4n) is 2.26. The van der Waals surface area contributed by atoms with E-state index in [-0.39, 0.29) is 31.6 Å². The summed E-state index contributed by atoms with van der Waals surface area (Å²) in [5, 5.41) is 9.29. The van der Waals surface area contributed by atoms with E-state index < -0.39 is 11.6 Å². The minimum absolute atomic E-state index is 0. The maximum Gasteiger partial charge on any atom is 0.155 e. The maximum atomic E-state index is 13.2. The van der Waals surface area contributed by atoms with Gasteiger partial charge in [0.15, 0.2) is 5.78 Å². The molecular weight excluding hydrogens is 516 g/mol. The van der Waals surface area contributed by atoms with Gasteiger partial charge in [-0.2, -0.15) is 0 Å². The number of pyridine rings is 1. The number of para-hydroxylation sites is 1. The van der Waals surface area contributed by atoms with E-state index in [1.165, 1.54) is 26.0 Å². The van der Waals surface area contributed by atoms with E-state index >= 15 is 0 Å². The Kier molecular flexibility index (Phi) is 8.23. The second-order valence-electron chi connectivity index (χ2n) is 5.34. The normalized spacial score (nSPS) is 10.5. The minimum atomic E-state index is -0.710. The first-order chi connectivity index (χ1) is 11.9. The number of aliphatic hydroxyl groups excluding tert-OH is 1. The van der Waals surface area contributed by atoms with Crippen LogP contribution in [0.5, 0.6) is 0 Å². The van der Waals surface area contributed by atoms with Crippen LogP contribution in [-0.2, 0) is 24.9 Å². The predicted molar refractivity (Wildman–Crippen MR) is 93.0 cm³/mol. The van der Waals surface area contributed by atoms with Gasteiger partial charge >= 0.3 is 0 Å². The number of ketones is 1. The van der Waals surface area contributed by atoms with Gasteiger partial charge < -0.3 is 5.11 Å². The van der Waals surface area contributed by atoms with E-state index in [4.69, 9.17) is 5.11 Å². The fourth-order valence-corrected chi connectivity index (χ4v) is 2.26. The van der Waals surface area contributed by atoms with Gasteiger partial charge in [0.05, 0.1) is 5.76 Å². The zero-order valence-electron chi connectivity index (χ0n) is 14.1. The third kappa shape index (κ3) is 6.13. The smallest absolute Gasteiger partial charge is 0.155 e. The number of aromatic nitrogens is 1. The number of carbonyl (C=O) groups is 1. The molecule has 1 heterocycles. The van der Waals surface area contributed by atoms with Crippen LogP contribution in [0.15, 0.2) is 60.5 Å². The van der Waals surface area contributed by atoms with E-state index in [1.807, 2.05) is 24.3 Å². The minimum Gasteiger partial charge on any atom is -0.512 e. The molecule has 0 saturated carbocycles. The molecule has 1 radical (unpaired) electrons. The van der Waals surface area contributed by atoms with Crippen molar-refractivity contribution >= 4 is 16.7 Å². The molecule has 0 amide bonds. The van der Waals surface area contributed by atoms with Gasteiger partial charge in [-0.3, -0.25) is 9.78 Å². The van der Waals surface area contributed by atoms with E-state index in [1.54, 1.807) is 12.3 Å². The average Bonchev–Trinajstić information content (AvgIpc) is 2.52. The quantitative estimate of drug-likeness (QED) is 0.287. The van der Waals surface area contributed by atoms with Crippen molar-refractivity contribution < 1.29 is 38.8 Å². The Morgan fingerprint density at radius 1 is 1.15 bits per heavy atom. The Morgan fingerprint density at radius 3 is 2.42 bits per heavy atom. The van der Waals surface area contributed by atoms with Crippen molar-refractivity contribution in [1.82, 2.24) is 4.98 Å². The molecule has 0 unspecified atom stereocenters. The molecule has 2 aromatic carbocycles. The first kappa shape index (κ1) is 21.6. The molecule has 0 aliphatic carbocycles. The third-order valence-corrected chi connectivity index (χ3v) is 3.14. The Hall–Kier alpha value is -2.43. The van der Waals surface area contributed by atoms with Crippen molar-refractivity contribution in [3.05, 3.63) is 78.2 Å². The number of aliphatic hydroxyl groups is 1. The summed E-state index contributed by atoms with van der Waals surface area (Å²) < 4.78 is 26.4. The summed E-state index contributed by atoms with van der Waals surface area (Å²) in [6.45, 7) is 2.85. The summed E-state index contributed by atoms with van der Waals surface area (Å²) in [5.74, 6) is -1.39. The molecule has 26 heavy (non-hydrogen) atoms. The van der Waals surface area contributed by atoms with Crippen molar-refractivity contribution in [3.63, 3.8) is 0 Å². The molecule has 6 heteroatoms. The number of halogens is 2. The standard InChI is InChI=1S/C15H8F2N.C5H8O2.Ir/c16-12-7-11(8-13(17)9-12)14-5-1-3-10-4-2-6-18-15(10)14;1-4(6)3-5(2)7;/h1-7,9H;3,6H,1-2H3;/q-1;;. The molecule has 0 saturated heterocycles. The number of nitrogens with zero attached hydrogens (tertiary/aromatic N) is 1. The number of fused-ring (bicyclic) bond motifs is 1. The summed E-state index contributed by atoms with van der Waals surface area (Å²) >= 11 is 0. The van der Waals surface area contributed by atoms with Crippen LogP contribution in [-0.4, -0.2) is 15.9 Å². The molecule has 0 fully saturated rings. The maximum absolute atomic E-state index is 13.2. The fraction of sp³-hybridized carbons (Fsp3) is 0.100. The number of rotatable bonds is 2. The zero-order chi connectivity index (χ0) is 18.4. The number of hydrogen-bond acceptors (Lipinski definition) is 3. The molecule has 0 bridgehead atoms. The largest absolute Gasteiger partial charge is 0.512 e. The van der Waals surface area contributed by atoms with Gasteiger partial charge in [0.2, 0.25) is 0 Å². The summed E-state index contributed by atoms with van der Waals surface area (Å²) in [5.41, 5.74) is 1.75. The average molecular weight is 533 g/mol. The first-order valence-electron chi connectivity index (χ1n) is 7.47. The van der Waals surface area contributed by atoms with Gasteiger partial charge in [-0.1, -0.05) is 35.9 Å². The van der Waals surface area contributed by atoms with Crippen molar-refractivity contribution in [1.29, 1.82) is 0 Å². The summed E-state index contributed by atoms with van der Waals surface area (Å²) in [7, 11) is 0. The molecule has 0 aliphatic heterocycles. The van der Waals surface area contributed by atoms with Gasteiger partial charge in [0.1, 0.15) is 0 Å². The molecule has 3 aromatic rings. The summed E-state index contributed by atoms with van der Waals surface area (Å²) in [4.78, 5) is 14.3. The Morgan fingerprint density at radius 2 is 1.85 bits per heavy atom. The van der Waals surface area contributed by atoms with Crippen LogP contribution in [0.1, 0.15) is 13.8 Å². The number of hydrogen-bond donors (Lipinski definition) is 1. The molecule has 3 rings (SSSR count). The molecule has 0 atom stereocenters. The molecule has 0 aliphatic rings. The van der Waals surface area contributed by atoms with Crippen molar-refractivity contribution in [2.45, 2.75) is 13.8 Å². The van der Waals surface area contributed by atoms with E-state index in [0.29, 0.717) is 16.6 Å². The molecular formula is C20H16F2IrNO2-. The SMILES string of the molecule is CC(=O)C=C(C)O.Fc1[c-]c(-c2cccc3cccnc23)cc(F)c1.[Ir]. The number of carbonyl (C=O) groups excluding carboxylic acids is 1. The van der Waals surface area contributed by atoms with Crippen LogP contribution in [0.3, 0.4) is 0 Å². The first-order valence-corrected chi connectivity index (χ1v) is 7.47. The second-order valence-corrected chi connectivity index (χ2v) is 5.34. The molecule has 137 valence electrons. The van der Waals surface area contributed by atoms with Gasteiger partial charge in [-0.25, -0.2) is 8.78 Å². The van der Waals surface area contributed by atoms with Crippen molar-refractivity contribution in [2.75, 3.05) is 0 Å². The topological polar surface area (TPSA) is 50.2 Å². The van der Waals surface area contributed by atoms with Crippen LogP contribution >= 0.6 is 0 Å². The second kappa shape index (κ2) is 9.90. The van der Waals surface area contributed by atoms with Crippen LogP contribution in [0.4, 0.5) is 8.78 Å². The van der Waals surface area contributed by atoms with E-state index in [2.05, 4.69) is 11.1 Å². The monoisotopic (exact) mass is 533 g/mol. The summed E-state index contributed by atoms with van der Waals surface area (Å²) in [6.07, 6.45) is 2.82. The summed E-state index contributed by atoms with van der Waals surface area (Å²) in [6, 6.07) is 13.8. The van der Waals surface area contributed by atoms with Crippen LogP contribution in [0.25, 0.3) is 22.0 Å². The number of benzene rings is 2. The molecule has 3 nitrogen and oxygen atoms in total. The predicted octanol–water partition coefficient (Wildman–Crippen LogP) is 5.01. The van der Waals surface area contributed by atoms with E-state index in [9.17, 15) is 13.6 Å². The van der Waals surface area contributed by atoms with Crippen LogP contribution < -0.4 is 0 Å².